The number of benzene rings is 2. The highest BCUT2D eigenvalue weighted by atomic mass is 14.8. The van der Waals surface area contributed by atoms with Crippen LogP contribution in [0.5, 0.6) is 0 Å². The van der Waals surface area contributed by atoms with Crippen molar-refractivity contribution < 1.29 is 0 Å². The molecule has 0 radical (unpaired) electrons. The number of aromatic nitrogens is 4. The minimum Gasteiger partial charge on any atom is -0.358 e. The Kier molecular flexibility index (Phi) is 3.30. The first kappa shape index (κ1) is 16.6. The third-order valence-electron chi connectivity index (χ3n) is 6.16. The van der Waals surface area contributed by atoms with E-state index in [-0.39, 0.29) is 0 Å². The second-order valence-electron chi connectivity index (χ2n) is 8.12. The van der Waals surface area contributed by atoms with Crippen molar-refractivity contribution in [2.75, 3.05) is 0 Å². The van der Waals surface area contributed by atoms with Gasteiger partial charge in [0.15, 0.2) is 0 Å². The zero-order valence-electron chi connectivity index (χ0n) is 16.7. The summed E-state index contributed by atoms with van der Waals surface area (Å²) in [5.41, 5.74) is 10.4. The third-order valence-corrected chi connectivity index (χ3v) is 6.16. The number of H-pyrrole nitrogens is 2. The van der Waals surface area contributed by atoms with Crippen LogP contribution in [0.25, 0.3) is 55.7 Å². The molecule has 1 aliphatic rings. The standard InChI is InChI=1S/C27H18N4/c1-3-16-7-11-24-25-12-8-17-4-2-6-21(27(17)31-25)23-14-10-19(29-23)15-18-9-13-22(28-18)20(5-1)26(16)30-24/h1-14,28-29H,15H2. The third kappa shape index (κ3) is 2.55. The first-order valence-electron chi connectivity index (χ1n) is 10.5. The highest BCUT2D eigenvalue weighted by molar-refractivity contribution is 5.96. The Morgan fingerprint density at radius 3 is 1.55 bits per heavy atom. The van der Waals surface area contributed by atoms with Crippen molar-refractivity contribution in [1.82, 2.24) is 19.9 Å². The summed E-state index contributed by atoms with van der Waals surface area (Å²) in [6.45, 7) is 0. The van der Waals surface area contributed by atoms with E-state index in [1.807, 2.05) is 0 Å². The summed E-state index contributed by atoms with van der Waals surface area (Å²) >= 11 is 0. The van der Waals surface area contributed by atoms with E-state index < -0.39 is 0 Å². The molecule has 0 saturated carbocycles. The Morgan fingerprint density at radius 1 is 0.516 bits per heavy atom. The molecule has 0 atom stereocenters. The normalized spacial score (nSPS) is 12.4. The summed E-state index contributed by atoms with van der Waals surface area (Å²) in [6, 6.07) is 29.7. The van der Waals surface area contributed by atoms with E-state index in [0.717, 1.165) is 62.1 Å². The van der Waals surface area contributed by atoms with Gasteiger partial charge in [-0.1, -0.05) is 48.5 Å². The molecule has 31 heavy (non-hydrogen) atoms. The van der Waals surface area contributed by atoms with E-state index in [1.54, 1.807) is 0 Å². The lowest BCUT2D eigenvalue weighted by atomic mass is 10.0. The molecule has 0 amide bonds. The van der Waals surface area contributed by atoms with Crippen LogP contribution in [0.1, 0.15) is 11.4 Å². The van der Waals surface area contributed by atoms with Crippen LogP contribution in [0.3, 0.4) is 0 Å². The van der Waals surface area contributed by atoms with E-state index in [2.05, 4.69) is 94.9 Å². The number of pyridine rings is 2. The van der Waals surface area contributed by atoms with Gasteiger partial charge in [-0.2, -0.15) is 0 Å². The maximum Gasteiger partial charge on any atom is 0.0894 e. The molecule has 4 nitrogen and oxygen atoms in total. The molecule has 8 bridgehead atoms. The smallest absolute Gasteiger partial charge is 0.0894 e. The Bertz CT molecular complexity index is 1500. The summed E-state index contributed by atoms with van der Waals surface area (Å²) in [4.78, 5) is 17.3. The summed E-state index contributed by atoms with van der Waals surface area (Å²) in [5, 5.41) is 2.24. The first-order chi connectivity index (χ1) is 15.3. The van der Waals surface area contributed by atoms with Gasteiger partial charge < -0.3 is 9.97 Å². The Labute approximate surface area is 178 Å². The SMILES string of the molecule is c1cc2c3nc(ccc3c1)-c1ccc3cccc(c3n1)-c1ccc([nH]1)Cc1ccc-2[nH]1. The maximum absolute atomic E-state index is 5.06. The van der Waals surface area contributed by atoms with Crippen molar-refractivity contribution >= 4 is 21.8 Å². The Balaban J connectivity index is 1.59. The van der Waals surface area contributed by atoms with Gasteiger partial charge in [-0.25, -0.2) is 9.97 Å². The van der Waals surface area contributed by atoms with Gasteiger partial charge in [0.1, 0.15) is 0 Å². The summed E-state index contributed by atoms with van der Waals surface area (Å²) in [7, 11) is 0. The number of nitrogens with zero attached hydrogens (tertiary/aromatic N) is 2. The quantitative estimate of drug-likeness (QED) is 0.313. The summed E-state index contributed by atoms with van der Waals surface area (Å²) < 4.78 is 0. The van der Waals surface area contributed by atoms with Gasteiger partial charge >= 0.3 is 0 Å². The molecule has 2 aromatic carbocycles. The number of hydrogen-bond acceptors (Lipinski definition) is 2. The molecule has 0 fully saturated rings. The number of fused-ring (bicyclic) bond motifs is 9. The molecule has 1 aliphatic heterocycles. The molecule has 7 rings (SSSR count). The van der Waals surface area contributed by atoms with Gasteiger partial charge in [0.25, 0.3) is 0 Å². The van der Waals surface area contributed by atoms with Crippen LogP contribution < -0.4 is 0 Å². The molecule has 0 aliphatic carbocycles. The van der Waals surface area contributed by atoms with Gasteiger partial charge in [-0.3, -0.25) is 0 Å². The number of nitrogens with one attached hydrogen (secondary N) is 2. The lowest BCUT2D eigenvalue weighted by molar-refractivity contribution is 1.06. The van der Waals surface area contributed by atoms with Gasteiger partial charge in [0, 0.05) is 51.1 Å². The van der Waals surface area contributed by atoms with Crippen molar-refractivity contribution in [2.45, 2.75) is 6.42 Å². The number of hydrogen-bond donors (Lipinski definition) is 2. The molecule has 0 spiro atoms. The molecule has 4 heteroatoms. The lowest BCUT2D eigenvalue weighted by Gasteiger charge is -2.09. The fraction of sp³-hybridized carbons (Fsp3) is 0.0370. The zero-order chi connectivity index (χ0) is 20.4. The van der Waals surface area contributed by atoms with Crippen molar-refractivity contribution in [1.29, 1.82) is 0 Å². The Hall–Kier alpha value is -4.18. The highest BCUT2D eigenvalue weighted by Crippen LogP contribution is 2.32. The Morgan fingerprint density at radius 2 is 1.03 bits per heavy atom. The van der Waals surface area contributed by atoms with Crippen LogP contribution in [0.4, 0.5) is 0 Å². The van der Waals surface area contributed by atoms with Gasteiger partial charge in [-0.05, 0) is 36.4 Å². The van der Waals surface area contributed by atoms with Crippen LogP contribution in [-0.2, 0) is 6.42 Å². The van der Waals surface area contributed by atoms with E-state index >= 15 is 0 Å². The van der Waals surface area contributed by atoms with E-state index in [1.165, 1.54) is 11.4 Å². The van der Waals surface area contributed by atoms with Gasteiger partial charge in [0.2, 0.25) is 0 Å². The highest BCUT2D eigenvalue weighted by Gasteiger charge is 2.14. The van der Waals surface area contributed by atoms with Gasteiger partial charge in [-0.15, -0.1) is 0 Å². The summed E-state index contributed by atoms with van der Waals surface area (Å²) in [5.74, 6) is 0. The minimum absolute atomic E-state index is 0.812. The predicted octanol–water partition coefficient (Wildman–Crippen LogP) is 6.34. The largest absolute Gasteiger partial charge is 0.358 e. The first-order valence-corrected chi connectivity index (χ1v) is 10.5. The van der Waals surface area contributed by atoms with E-state index in [4.69, 9.17) is 9.97 Å². The van der Waals surface area contributed by atoms with Gasteiger partial charge in [0.05, 0.1) is 22.4 Å². The maximum atomic E-state index is 5.06. The number of aromatic amines is 2. The molecule has 6 aromatic rings. The lowest BCUT2D eigenvalue weighted by Crippen LogP contribution is -1.92. The molecular weight excluding hydrogens is 380 g/mol. The molecule has 146 valence electrons. The van der Waals surface area contributed by atoms with Crippen LogP contribution >= 0.6 is 0 Å². The minimum atomic E-state index is 0.812. The van der Waals surface area contributed by atoms with Crippen molar-refractivity contribution in [3.8, 4) is 33.9 Å². The number of para-hydroxylation sites is 2. The fourth-order valence-electron chi connectivity index (χ4n) is 4.62. The molecule has 4 aromatic heterocycles. The second-order valence-corrected chi connectivity index (χ2v) is 8.12. The molecule has 2 N–H and O–H groups in total. The second kappa shape index (κ2) is 6.16. The number of rotatable bonds is 0. The zero-order valence-corrected chi connectivity index (χ0v) is 16.7. The van der Waals surface area contributed by atoms with E-state index in [0.29, 0.717) is 0 Å². The molecule has 5 heterocycles. The topological polar surface area (TPSA) is 57.4 Å². The van der Waals surface area contributed by atoms with E-state index in [9.17, 15) is 0 Å². The van der Waals surface area contributed by atoms with Crippen LogP contribution in [-0.4, -0.2) is 19.9 Å². The average Bonchev–Trinajstić information content (AvgIpc) is 3.47. The average molecular weight is 398 g/mol. The monoisotopic (exact) mass is 398 g/mol. The predicted molar refractivity (Wildman–Crippen MR) is 125 cm³/mol. The van der Waals surface area contributed by atoms with Crippen LogP contribution in [0.2, 0.25) is 0 Å². The molecule has 0 saturated heterocycles. The fourth-order valence-corrected chi connectivity index (χ4v) is 4.62. The van der Waals surface area contributed by atoms with Crippen molar-refractivity contribution in [3.63, 3.8) is 0 Å². The van der Waals surface area contributed by atoms with Crippen molar-refractivity contribution in [3.05, 3.63) is 96.3 Å². The summed E-state index contributed by atoms with van der Waals surface area (Å²) in [6.07, 6.45) is 0.812. The van der Waals surface area contributed by atoms with Crippen LogP contribution in [0, 0.1) is 0 Å². The molecular formula is C27H18N4. The van der Waals surface area contributed by atoms with Crippen LogP contribution in [0.15, 0.2) is 84.9 Å². The van der Waals surface area contributed by atoms with Crippen molar-refractivity contribution in [2.24, 2.45) is 0 Å². The molecule has 0 unspecified atom stereocenters.